The van der Waals surface area contributed by atoms with E-state index in [1.54, 1.807) is 42.5 Å². The van der Waals surface area contributed by atoms with Crippen molar-refractivity contribution in [3.63, 3.8) is 0 Å². The molecular weight excluding hydrogens is 381 g/mol. The molecule has 27 heavy (non-hydrogen) atoms. The van der Waals surface area contributed by atoms with Gasteiger partial charge in [0.05, 0.1) is 23.1 Å². The van der Waals surface area contributed by atoms with E-state index >= 15 is 0 Å². The van der Waals surface area contributed by atoms with Crippen LogP contribution in [0.4, 0.5) is 13.2 Å². The van der Waals surface area contributed by atoms with Crippen molar-refractivity contribution in [3.05, 3.63) is 71.5 Å². The highest BCUT2D eigenvalue weighted by Crippen LogP contribution is 2.38. The van der Waals surface area contributed by atoms with E-state index in [2.05, 4.69) is 20.6 Å². The zero-order valence-corrected chi connectivity index (χ0v) is 14.2. The van der Waals surface area contributed by atoms with Crippen LogP contribution in [0.25, 0.3) is 22.8 Å². The van der Waals surface area contributed by atoms with E-state index in [1.165, 1.54) is 16.8 Å². The average Bonchev–Trinajstić information content (AvgIpc) is 3.29. The molecule has 0 saturated carbocycles. The third kappa shape index (κ3) is 3.17. The lowest BCUT2D eigenvalue weighted by Crippen LogP contribution is -2.15. The van der Waals surface area contributed by atoms with Crippen LogP contribution in [0.1, 0.15) is 5.69 Å². The molecule has 0 fully saturated rings. The Balaban J connectivity index is 1.93. The first-order valence-corrected chi connectivity index (χ1v) is 8.08. The molecule has 10 heteroatoms. The van der Waals surface area contributed by atoms with Gasteiger partial charge in [-0.05, 0) is 40.8 Å². The number of aromatic nitrogens is 6. The Morgan fingerprint density at radius 1 is 0.889 bits per heavy atom. The van der Waals surface area contributed by atoms with Gasteiger partial charge in [-0.2, -0.15) is 23.0 Å². The highest BCUT2D eigenvalue weighted by atomic mass is 35.5. The van der Waals surface area contributed by atoms with Crippen LogP contribution in [-0.4, -0.2) is 30.0 Å². The van der Waals surface area contributed by atoms with Crippen molar-refractivity contribution in [3.8, 4) is 22.8 Å². The van der Waals surface area contributed by atoms with Crippen LogP contribution in [0.15, 0.2) is 60.8 Å². The molecular formula is C17H10ClF3N6. The maximum atomic E-state index is 13.9. The summed E-state index contributed by atoms with van der Waals surface area (Å²) >= 11 is 5.91. The largest absolute Gasteiger partial charge is 0.434 e. The van der Waals surface area contributed by atoms with Crippen LogP contribution in [-0.2, 0) is 6.18 Å². The standard InChI is InChI=1S/C17H10ClF3N6/c18-11-5-4-8-13(9-11)26-15(17(19,20)21)14(10-22-26)16-23-24-25-27(16)12-6-2-1-3-7-12/h1-10H. The molecule has 0 unspecified atom stereocenters. The van der Waals surface area contributed by atoms with Gasteiger partial charge in [0, 0.05) is 5.02 Å². The minimum Gasteiger partial charge on any atom is -0.228 e. The van der Waals surface area contributed by atoms with Crippen LogP contribution >= 0.6 is 11.6 Å². The summed E-state index contributed by atoms with van der Waals surface area (Å²) < 4.78 is 43.7. The summed E-state index contributed by atoms with van der Waals surface area (Å²) in [6, 6.07) is 14.6. The van der Waals surface area contributed by atoms with Crippen LogP contribution in [0.2, 0.25) is 5.02 Å². The van der Waals surface area contributed by atoms with Gasteiger partial charge in [0.15, 0.2) is 11.5 Å². The summed E-state index contributed by atoms with van der Waals surface area (Å²) in [5.74, 6) is -0.0678. The number of halogens is 4. The summed E-state index contributed by atoms with van der Waals surface area (Å²) in [4.78, 5) is 0. The van der Waals surface area contributed by atoms with Gasteiger partial charge in [-0.3, -0.25) is 0 Å². The normalized spacial score (nSPS) is 11.7. The molecule has 0 aliphatic rings. The fourth-order valence-corrected chi connectivity index (χ4v) is 2.87. The lowest BCUT2D eigenvalue weighted by molar-refractivity contribution is -0.142. The molecule has 4 aromatic rings. The Hall–Kier alpha value is -3.20. The summed E-state index contributed by atoms with van der Waals surface area (Å²) in [5.41, 5.74) is -0.519. The van der Waals surface area contributed by atoms with Gasteiger partial charge >= 0.3 is 6.18 Å². The molecule has 0 spiro atoms. The molecule has 4 rings (SSSR count). The van der Waals surface area contributed by atoms with E-state index in [0.717, 1.165) is 10.9 Å². The number of tetrazole rings is 1. The Labute approximate surface area is 155 Å². The van der Waals surface area contributed by atoms with Crippen molar-refractivity contribution in [1.82, 2.24) is 30.0 Å². The minimum absolute atomic E-state index is 0.0678. The van der Waals surface area contributed by atoms with Gasteiger partial charge < -0.3 is 0 Å². The van der Waals surface area contributed by atoms with E-state index in [4.69, 9.17) is 11.6 Å². The fraction of sp³-hybridized carbons (Fsp3) is 0.0588. The third-order valence-electron chi connectivity index (χ3n) is 3.80. The number of para-hydroxylation sites is 1. The second kappa shape index (κ2) is 6.51. The molecule has 0 aliphatic carbocycles. The Kier molecular flexibility index (Phi) is 4.15. The summed E-state index contributed by atoms with van der Waals surface area (Å²) in [6.07, 6.45) is -3.60. The van der Waals surface area contributed by atoms with Gasteiger partial charge in [-0.25, -0.2) is 4.68 Å². The predicted molar refractivity (Wildman–Crippen MR) is 91.7 cm³/mol. The molecule has 136 valence electrons. The summed E-state index contributed by atoms with van der Waals surface area (Å²) in [5, 5.41) is 15.3. The van der Waals surface area contributed by atoms with Crippen LogP contribution in [0.5, 0.6) is 0 Å². The van der Waals surface area contributed by atoms with E-state index in [-0.39, 0.29) is 17.1 Å². The molecule has 2 aromatic heterocycles. The molecule has 0 amide bonds. The maximum absolute atomic E-state index is 13.9. The molecule has 6 nitrogen and oxygen atoms in total. The zero-order valence-electron chi connectivity index (χ0n) is 13.5. The number of benzene rings is 2. The number of rotatable bonds is 3. The van der Waals surface area contributed by atoms with Crippen LogP contribution in [0, 0.1) is 0 Å². The third-order valence-corrected chi connectivity index (χ3v) is 4.04. The van der Waals surface area contributed by atoms with E-state index in [0.29, 0.717) is 10.7 Å². The van der Waals surface area contributed by atoms with Gasteiger partial charge in [-0.1, -0.05) is 35.9 Å². The van der Waals surface area contributed by atoms with Crippen molar-refractivity contribution in [2.24, 2.45) is 0 Å². The predicted octanol–water partition coefficient (Wildman–Crippen LogP) is 4.19. The Morgan fingerprint density at radius 2 is 1.63 bits per heavy atom. The highest BCUT2D eigenvalue weighted by molar-refractivity contribution is 6.30. The maximum Gasteiger partial charge on any atom is 0.434 e. The van der Waals surface area contributed by atoms with E-state index in [9.17, 15) is 13.2 Å². The summed E-state index contributed by atoms with van der Waals surface area (Å²) in [7, 11) is 0. The first-order chi connectivity index (χ1) is 12.9. The number of hydrogen-bond donors (Lipinski definition) is 0. The minimum atomic E-state index is -4.69. The lowest BCUT2D eigenvalue weighted by Gasteiger charge is -2.13. The molecule has 0 atom stereocenters. The first-order valence-electron chi connectivity index (χ1n) is 7.70. The van der Waals surface area contributed by atoms with E-state index < -0.39 is 11.9 Å². The second-order valence-corrected chi connectivity index (χ2v) is 5.98. The quantitative estimate of drug-likeness (QED) is 0.526. The number of nitrogens with zero attached hydrogens (tertiary/aromatic N) is 6. The number of hydrogen-bond acceptors (Lipinski definition) is 4. The monoisotopic (exact) mass is 390 g/mol. The second-order valence-electron chi connectivity index (χ2n) is 5.55. The first kappa shape index (κ1) is 17.2. The van der Waals surface area contributed by atoms with Gasteiger partial charge in [0.25, 0.3) is 0 Å². The SMILES string of the molecule is FC(F)(F)c1c(-c2nnnn2-c2ccccc2)cnn1-c1cccc(Cl)c1. The van der Waals surface area contributed by atoms with Crippen LogP contribution in [0.3, 0.4) is 0 Å². The van der Waals surface area contributed by atoms with E-state index in [1.807, 2.05) is 0 Å². The van der Waals surface area contributed by atoms with Gasteiger partial charge in [0.2, 0.25) is 0 Å². The molecule has 0 aliphatic heterocycles. The average molecular weight is 391 g/mol. The Morgan fingerprint density at radius 3 is 2.33 bits per heavy atom. The van der Waals surface area contributed by atoms with Crippen molar-refractivity contribution < 1.29 is 13.2 Å². The lowest BCUT2D eigenvalue weighted by atomic mass is 10.2. The molecule has 0 bridgehead atoms. The van der Waals surface area contributed by atoms with Crippen molar-refractivity contribution in [2.75, 3.05) is 0 Å². The number of alkyl halides is 3. The summed E-state index contributed by atoms with van der Waals surface area (Å²) in [6.45, 7) is 0. The van der Waals surface area contributed by atoms with Crippen molar-refractivity contribution in [1.29, 1.82) is 0 Å². The topological polar surface area (TPSA) is 61.4 Å². The molecule has 0 radical (unpaired) electrons. The highest BCUT2D eigenvalue weighted by Gasteiger charge is 2.40. The Bertz CT molecular complexity index is 1090. The smallest absolute Gasteiger partial charge is 0.228 e. The van der Waals surface area contributed by atoms with Gasteiger partial charge in [0.1, 0.15) is 0 Å². The molecule has 0 saturated heterocycles. The zero-order chi connectivity index (χ0) is 19.0. The van der Waals surface area contributed by atoms with Gasteiger partial charge in [-0.15, -0.1) is 5.10 Å². The molecule has 2 heterocycles. The van der Waals surface area contributed by atoms with Crippen LogP contribution < -0.4 is 0 Å². The molecule has 2 aromatic carbocycles. The van der Waals surface area contributed by atoms with Crippen molar-refractivity contribution >= 4 is 11.6 Å². The molecule has 0 N–H and O–H groups in total. The van der Waals surface area contributed by atoms with Crippen molar-refractivity contribution in [2.45, 2.75) is 6.18 Å². The fourth-order valence-electron chi connectivity index (χ4n) is 2.69.